The monoisotopic (exact) mass is 304 g/mol. The van der Waals surface area contributed by atoms with Gasteiger partial charge in [-0.05, 0) is 18.9 Å². The molecular formula is C14H28O5Si. The number of aliphatic hydroxyl groups is 2. The minimum absolute atomic E-state index is 0.0843. The molecule has 0 aliphatic carbocycles. The Balaban J connectivity index is 2.94. The normalized spacial score (nSPS) is 30.1. The summed E-state index contributed by atoms with van der Waals surface area (Å²) in [6, 6.07) is 0. The van der Waals surface area contributed by atoms with E-state index in [9.17, 15) is 15.0 Å². The third kappa shape index (κ3) is 3.31. The second-order valence-corrected chi connectivity index (χ2v) is 13.1. The van der Waals surface area contributed by atoms with Gasteiger partial charge in [0.05, 0.1) is 13.8 Å². The number of carbonyl (C=O) groups is 1. The third-order valence-corrected chi connectivity index (χ3v) is 10.3. The van der Waals surface area contributed by atoms with Gasteiger partial charge >= 0.3 is 0 Å². The first-order valence-electron chi connectivity index (χ1n) is 7.00. The van der Waals surface area contributed by atoms with E-state index in [1.807, 2.05) is 13.1 Å². The highest BCUT2D eigenvalue weighted by Gasteiger charge is 2.52. The zero-order valence-corrected chi connectivity index (χ0v) is 14.5. The highest BCUT2D eigenvalue weighted by Crippen LogP contribution is 2.40. The van der Waals surface area contributed by atoms with E-state index >= 15 is 0 Å². The summed E-state index contributed by atoms with van der Waals surface area (Å²) in [5, 5.41) is 21.0. The number of hydrogen-bond donors (Lipinski definition) is 2. The molecule has 0 radical (unpaired) electrons. The molecule has 118 valence electrons. The number of carbonyl (C=O) groups excluding carboxylic acids is 1. The van der Waals surface area contributed by atoms with Gasteiger partial charge in [0.1, 0.15) is 18.3 Å². The van der Waals surface area contributed by atoms with Crippen molar-refractivity contribution in [2.24, 2.45) is 0 Å². The first-order valence-corrected chi connectivity index (χ1v) is 10.1. The Morgan fingerprint density at radius 1 is 1.20 bits per heavy atom. The van der Waals surface area contributed by atoms with E-state index in [1.165, 1.54) is 0 Å². The lowest BCUT2D eigenvalue weighted by Gasteiger charge is -2.43. The van der Waals surface area contributed by atoms with Crippen LogP contribution in [0.25, 0.3) is 0 Å². The van der Waals surface area contributed by atoms with Gasteiger partial charge in [-0.2, -0.15) is 0 Å². The second-order valence-electron chi connectivity index (χ2n) is 7.61. The van der Waals surface area contributed by atoms with Crippen LogP contribution in [-0.4, -0.2) is 54.4 Å². The lowest BCUT2D eigenvalue weighted by molar-refractivity contribution is -0.160. The van der Waals surface area contributed by atoms with Crippen molar-refractivity contribution in [1.82, 2.24) is 0 Å². The third-order valence-electron chi connectivity index (χ3n) is 4.63. The fourth-order valence-corrected chi connectivity index (χ4v) is 4.17. The van der Waals surface area contributed by atoms with E-state index < -0.39 is 37.9 Å². The van der Waals surface area contributed by atoms with Crippen LogP contribution in [0.2, 0.25) is 18.1 Å². The zero-order valence-electron chi connectivity index (χ0n) is 13.5. The molecule has 1 rings (SSSR count). The van der Waals surface area contributed by atoms with Gasteiger partial charge < -0.3 is 24.5 Å². The first-order chi connectivity index (χ1) is 8.83. The smallest absolute Gasteiger partial charge is 0.164 e. The highest BCUT2D eigenvalue weighted by atomic mass is 28.3. The van der Waals surface area contributed by atoms with Crippen LogP contribution >= 0.6 is 0 Å². The quantitative estimate of drug-likeness (QED) is 0.608. The molecule has 1 aliphatic heterocycles. The van der Waals surface area contributed by atoms with E-state index in [1.54, 1.807) is 13.8 Å². The molecule has 0 aromatic heterocycles. The highest BCUT2D eigenvalue weighted by molar-refractivity contribution is 6.81. The molecule has 1 unspecified atom stereocenters. The van der Waals surface area contributed by atoms with Crippen molar-refractivity contribution in [1.29, 1.82) is 0 Å². The molecule has 0 amide bonds. The Labute approximate surface area is 122 Å². The van der Waals surface area contributed by atoms with Gasteiger partial charge in [0, 0.05) is 0 Å². The number of ether oxygens (including phenoxy) is 2. The summed E-state index contributed by atoms with van der Waals surface area (Å²) in [6.07, 6.45) is -2.18. The van der Waals surface area contributed by atoms with Crippen LogP contribution in [0.4, 0.5) is 0 Å². The van der Waals surface area contributed by atoms with Crippen molar-refractivity contribution in [2.75, 3.05) is 0 Å². The van der Waals surface area contributed by atoms with Crippen LogP contribution in [0.5, 0.6) is 0 Å². The van der Waals surface area contributed by atoms with Gasteiger partial charge in [-0.1, -0.05) is 33.9 Å². The summed E-state index contributed by atoms with van der Waals surface area (Å²) in [6.45, 7) is 13.6. The summed E-state index contributed by atoms with van der Waals surface area (Å²) in [5.41, 5.74) is -0.896. The average Bonchev–Trinajstić information content (AvgIpc) is 2.61. The van der Waals surface area contributed by atoms with Crippen molar-refractivity contribution in [3.05, 3.63) is 0 Å². The summed E-state index contributed by atoms with van der Waals surface area (Å²) < 4.78 is 11.0. The topological polar surface area (TPSA) is 76.0 Å². The van der Waals surface area contributed by atoms with E-state index in [2.05, 4.69) is 20.8 Å². The number of aliphatic hydroxyl groups excluding tert-OH is 2. The molecule has 20 heavy (non-hydrogen) atoms. The maximum atomic E-state index is 11.1. The molecule has 2 N–H and O–H groups in total. The maximum absolute atomic E-state index is 11.1. The summed E-state index contributed by atoms with van der Waals surface area (Å²) in [5.74, 6) is -0.926. The molecule has 5 nitrogen and oxygen atoms in total. The number of rotatable bonds is 4. The SMILES string of the molecule is CC1(C)O[C@H]([C@H](O)C(O)[Si](C)(C)C(C)(C)C)[C@H](C=O)O1. The Morgan fingerprint density at radius 3 is 2.10 bits per heavy atom. The molecule has 0 aromatic rings. The summed E-state index contributed by atoms with van der Waals surface area (Å²) >= 11 is 0. The van der Waals surface area contributed by atoms with Crippen LogP contribution < -0.4 is 0 Å². The van der Waals surface area contributed by atoms with E-state index in [4.69, 9.17) is 9.47 Å². The molecule has 1 aliphatic rings. The predicted molar refractivity (Wildman–Crippen MR) is 79.1 cm³/mol. The van der Waals surface area contributed by atoms with Crippen LogP contribution in [0, 0.1) is 0 Å². The van der Waals surface area contributed by atoms with Gasteiger partial charge in [-0.25, -0.2) is 0 Å². The van der Waals surface area contributed by atoms with Crippen molar-refractivity contribution in [2.45, 2.75) is 82.6 Å². The van der Waals surface area contributed by atoms with Crippen LogP contribution in [0.15, 0.2) is 0 Å². The van der Waals surface area contributed by atoms with Crippen LogP contribution in [-0.2, 0) is 14.3 Å². The zero-order chi connectivity index (χ0) is 15.9. The molecule has 1 fully saturated rings. The van der Waals surface area contributed by atoms with Gasteiger partial charge in [0.2, 0.25) is 0 Å². The Morgan fingerprint density at radius 2 is 1.70 bits per heavy atom. The van der Waals surface area contributed by atoms with Crippen LogP contribution in [0.1, 0.15) is 34.6 Å². The summed E-state index contributed by atoms with van der Waals surface area (Å²) in [7, 11) is -2.17. The fourth-order valence-electron chi connectivity index (χ4n) is 2.24. The molecule has 4 atom stereocenters. The second kappa shape index (κ2) is 5.49. The van der Waals surface area contributed by atoms with E-state index in [0.29, 0.717) is 6.29 Å². The Kier molecular flexibility index (Phi) is 4.88. The molecule has 0 aromatic carbocycles. The summed E-state index contributed by atoms with van der Waals surface area (Å²) in [4.78, 5) is 11.1. The lowest BCUT2D eigenvalue weighted by atomic mass is 10.1. The minimum Gasteiger partial charge on any atom is -0.394 e. The number of aldehydes is 1. The number of hydrogen-bond acceptors (Lipinski definition) is 5. The fraction of sp³-hybridized carbons (Fsp3) is 0.929. The van der Waals surface area contributed by atoms with Crippen molar-refractivity contribution < 1.29 is 24.5 Å². The van der Waals surface area contributed by atoms with Gasteiger partial charge in [0.15, 0.2) is 12.1 Å². The van der Waals surface area contributed by atoms with Crippen LogP contribution in [0.3, 0.4) is 0 Å². The van der Waals surface area contributed by atoms with E-state index in [0.717, 1.165) is 0 Å². The molecule has 0 saturated carbocycles. The average molecular weight is 304 g/mol. The van der Waals surface area contributed by atoms with Crippen molar-refractivity contribution >= 4 is 14.4 Å². The maximum Gasteiger partial charge on any atom is 0.164 e. The largest absolute Gasteiger partial charge is 0.394 e. The molecular weight excluding hydrogens is 276 g/mol. The van der Waals surface area contributed by atoms with Crippen molar-refractivity contribution in [3.63, 3.8) is 0 Å². The van der Waals surface area contributed by atoms with Crippen molar-refractivity contribution in [3.8, 4) is 0 Å². The molecule has 0 spiro atoms. The lowest BCUT2D eigenvalue weighted by Crippen LogP contribution is -2.59. The van der Waals surface area contributed by atoms with Gasteiger partial charge in [-0.15, -0.1) is 0 Å². The molecule has 0 bridgehead atoms. The molecule has 1 saturated heterocycles. The van der Waals surface area contributed by atoms with Gasteiger partial charge in [0.25, 0.3) is 0 Å². The van der Waals surface area contributed by atoms with E-state index in [-0.39, 0.29) is 5.04 Å². The Bertz CT molecular complexity index is 361. The van der Waals surface area contributed by atoms with Gasteiger partial charge in [-0.3, -0.25) is 0 Å². The molecule has 1 heterocycles. The standard InChI is InChI=1S/C14H28O5Si/c1-13(2,3)20(6,7)12(17)10(16)11-9(8-15)18-14(4,5)19-11/h8-12,16-17H,1-7H3/t9-,10-,11-,12?/m0/s1. The minimum atomic E-state index is -2.17. The Hall–Kier alpha value is -0.273. The predicted octanol–water partition coefficient (Wildman–Crippen LogP) is 1.47. The first kappa shape index (κ1) is 17.8. The molecule has 6 heteroatoms.